The Morgan fingerprint density at radius 2 is 1.83 bits per heavy atom. The maximum absolute atomic E-state index is 12.9. The van der Waals surface area contributed by atoms with Crippen LogP contribution in [-0.2, 0) is 17.7 Å². The van der Waals surface area contributed by atoms with Gasteiger partial charge in [-0.05, 0) is 69.4 Å². The van der Waals surface area contributed by atoms with Gasteiger partial charge in [0.25, 0.3) is 5.91 Å². The number of benzene rings is 2. The number of carbonyl (C=O) groups is 1. The minimum atomic E-state index is 0.0631. The van der Waals surface area contributed by atoms with Crippen LogP contribution in [0.2, 0.25) is 0 Å². The SMILES string of the molecule is CCOc1ccc(Cc2nc(-c3cccc(C(=O)N(CC)CC)c3)cn2CC2CCOCC2)cc1. The molecule has 35 heavy (non-hydrogen) atoms. The van der Waals surface area contributed by atoms with Gasteiger partial charge in [0.2, 0.25) is 0 Å². The van der Waals surface area contributed by atoms with Crippen molar-refractivity contribution in [2.75, 3.05) is 32.9 Å². The highest BCUT2D eigenvalue weighted by Gasteiger charge is 2.19. The van der Waals surface area contributed by atoms with Gasteiger partial charge in [-0.2, -0.15) is 0 Å². The van der Waals surface area contributed by atoms with Crippen LogP contribution in [0.4, 0.5) is 0 Å². The van der Waals surface area contributed by atoms with E-state index < -0.39 is 0 Å². The van der Waals surface area contributed by atoms with E-state index in [2.05, 4.69) is 22.9 Å². The average molecular weight is 476 g/mol. The molecule has 1 aromatic heterocycles. The summed E-state index contributed by atoms with van der Waals surface area (Å²) in [5, 5.41) is 0. The van der Waals surface area contributed by atoms with Gasteiger partial charge < -0.3 is 18.9 Å². The molecule has 1 fully saturated rings. The van der Waals surface area contributed by atoms with E-state index in [1.165, 1.54) is 5.56 Å². The quantitative estimate of drug-likeness (QED) is 0.391. The maximum Gasteiger partial charge on any atom is 0.253 e. The first-order valence-electron chi connectivity index (χ1n) is 12.9. The van der Waals surface area contributed by atoms with Crippen LogP contribution in [0, 0.1) is 5.92 Å². The number of nitrogens with zero attached hydrogens (tertiary/aromatic N) is 3. The third-order valence-corrected chi connectivity index (χ3v) is 6.71. The molecule has 186 valence electrons. The van der Waals surface area contributed by atoms with Crippen molar-refractivity contribution in [2.24, 2.45) is 5.92 Å². The summed E-state index contributed by atoms with van der Waals surface area (Å²) < 4.78 is 13.5. The molecule has 0 aliphatic carbocycles. The number of hydrogen-bond acceptors (Lipinski definition) is 4. The fourth-order valence-electron chi connectivity index (χ4n) is 4.66. The van der Waals surface area contributed by atoms with Gasteiger partial charge in [0, 0.05) is 56.6 Å². The minimum Gasteiger partial charge on any atom is -0.494 e. The molecule has 1 aliphatic rings. The summed E-state index contributed by atoms with van der Waals surface area (Å²) >= 11 is 0. The summed E-state index contributed by atoms with van der Waals surface area (Å²) in [6, 6.07) is 16.1. The summed E-state index contributed by atoms with van der Waals surface area (Å²) in [4.78, 5) is 19.8. The number of rotatable bonds is 10. The fraction of sp³-hybridized carbons (Fsp3) is 0.448. The van der Waals surface area contributed by atoms with Crippen LogP contribution in [0.25, 0.3) is 11.3 Å². The lowest BCUT2D eigenvalue weighted by atomic mass is 10.0. The fourth-order valence-corrected chi connectivity index (χ4v) is 4.66. The van der Waals surface area contributed by atoms with E-state index in [0.717, 1.165) is 61.9 Å². The zero-order valence-electron chi connectivity index (χ0n) is 21.2. The molecule has 0 saturated carbocycles. The average Bonchev–Trinajstić information content (AvgIpc) is 3.28. The lowest BCUT2D eigenvalue weighted by Crippen LogP contribution is -2.30. The summed E-state index contributed by atoms with van der Waals surface area (Å²) in [6.45, 7) is 10.7. The van der Waals surface area contributed by atoms with E-state index in [-0.39, 0.29) is 5.91 Å². The molecule has 1 amide bonds. The Labute approximate surface area is 208 Å². The van der Waals surface area contributed by atoms with Gasteiger partial charge in [0.05, 0.1) is 12.3 Å². The lowest BCUT2D eigenvalue weighted by Gasteiger charge is -2.23. The van der Waals surface area contributed by atoms with E-state index in [1.54, 1.807) is 0 Å². The Kier molecular flexibility index (Phi) is 8.59. The highest BCUT2D eigenvalue weighted by molar-refractivity contribution is 5.95. The number of imidazole rings is 1. The summed E-state index contributed by atoms with van der Waals surface area (Å²) in [5.41, 5.74) is 3.79. The summed E-state index contributed by atoms with van der Waals surface area (Å²) in [7, 11) is 0. The first kappa shape index (κ1) is 25.0. The van der Waals surface area contributed by atoms with E-state index in [0.29, 0.717) is 31.2 Å². The largest absolute Gasteiger partial charge is 0.494 e. The Balaban J connectivity index is 1.62. The molecule has 0 unspecified atom stereocenters. The van der Waals surface area contributed by atoms with Crippen molar-refractivity contribution in [1.29, 1.82) is 0 Å². The van der Waals surface area contributed by atoms with Crippen molar-refractivity contribution < 1.29 is 14.3 Å². The highest BCUT2D eigenvalue weighted by atomic mass is 16.5. The highest BCUT2D eigenvalue weighted by Crippen LogP contribution is 2.25. The van der Waals surface area contributed by atoms with E-state index in [1.807, 2.05) is 62.1 Å². The molecule has 0 atom stereocenters. The van der Waals surface area contributed by atoms with Crippen LogP contribution in [0.5, 0.6) is 5.75 Å². The third kappa shape index (κ3) is 6.31. The van der Waals surface area contributed by atoms with E-state index in [9.17, 15) is 4.79 Å². The van der Waals surface area contributed by atoms with Gasteiger partial charge in [-0.15, -0.1) is 0 Å². The zero-order valence-corrected chi connectivity index (χ0v) is 21.2. The molecule has 4 rings (SSSR count). The summed E-state index contributed by atoms with van der Waals surface area (Å²) in [6.07, 6.45) is 5.04. The smallest absolute Gasteiger partial charge is 0.253 e. The summed E-state index contributed by atoms with van der Waals surface area (Å²) in [5.74, 6) is 2.57. The molecular weight excluding hydrogens is 438 g/mol. The molecule has 3 aromatic rings. The lowest BCUT2D eigenvalue weighted by molar-refractivity contribution is 0.0610. The van der Waals surface area contributed by atoms with E-state index in [4.69, 9.17) is 14.5 Å². The standard InChI is InChI=1S/C29H37N3O3/c1-4-31(5-2)29(33)25-9-7-8-24(19-25)27-21-32(20-23-14-16-34-17-15-23)28(30-27)18-22-10-12-26(13-11-22)35-6-3/h7-13,19,21,23H,4-6,14-18,20H2,1-3H3. The molecule has 1 saturated heterocycles. The predicted octanol–water partition coefficient (Wildman–Crippen LogP) is 5.45. The van der Waals surface area contributed by atoms with Gasteiger partial charge in [-0.3, -0.25) is 4.79 Å². The third-order valence-electron chi connectivity index (χ3n) is 6.71. The minimum absolute atomic E-state index is 0.0631. The molecule has 0 bridgehead atoms. The number of carbonyl (C=O) groups excluding carboxylic acids is 1. The first-order chi connectivity index (χ1) is 17.1. The van der Waals surface area contributed by atoms with Crippen molar-refractivity contribution in [3.8, 4) is 17.0 Å². The van der Waals surface area contributed by atoms with Gasteiger partial charge in [0.1, 0.15) is 11.6 Å². The zero-order chi connectivity index (χ0) is 24.6. The molecular formula is C29H37N3O3. The second kappa shape index (κ2) is 12.0. The van der Waals surface area contributed by atoms with Gasteiger partial charge in [-0.1, -0.05) is 24.3 Å². The van der Waals surface area contributed by atoms with Crippen LogP contribution in [-0.4, -0.2) is 53.3 Å². The van der Waals surface area contributed by atoms with Gasteiger partial charge in [-0.25, -0.2) is 4.98 Å². The number of amides is 1. The van der Waals surface area contributed by atoms with Crippen LogP contribution in [0.15, 0.2) is 54.7 Å². The number of hydrogen-bond donors (Lipinski definition) is 0. The molecule has 2 heterocycles. The number of ether oxygens (including phenoxy) is 2. The molecule has 0 radical (unpaired) electrons. The normalized spacial score (nSPS) is 14.1. The van der Waals surface area contributed by atoms with E-state index >= 15 is 0 Å². The molecule has 2 aromatic carbocycles. The second-order valence-corrected chi connectivity index (χ2v) is 9.06. The van der Waals surface area contributed by atoms with Gasteiger partial charge >= 0.3 is 0 Å². The van der Waals surface area contributed by atoms with Crippen LogP contribution in [0.1, 0.15) is 55.4 Å². The number of aromatic nitrogens is 2. The molecule has 1 aliphatic heterocycles. The van der Waals surface area contributed by atoms with Crippen molar-refractivity contribution in [3.05, 3.63) is 71.7 Å². The topological polar surface area (TPSA) is 56.6 Å². The van der Waals surface area contributed by atoms with Crippen LogP contribution in [0.3, 0.4) is 0 Å². The Morgan fingerprint density at radius 1 is 1.09 bits per heavy atom. The molecule has 6 nitrogen and oxygen atoms in total. The monoisotopic (exact) mass is 475 g/mol. The van der Waals surface area contributed by atoms with Crippen LogP contribution < -0.4 is 4.74 Å². The maximum atomic E-state index is 12.9. The van der Waals surface area contributed by atoms with Crippen molar-refractivity contribution in [1.82, 2.24) is 14.5 Å². The van der Waals surface area contributed by atoms with Crippen LogP contribution >= 0.6 is 0 Å². The molecule has 6 heteroatoms. The second-order valence-electron chi connectivity index (χ2n) is 9.06. The Hall–Kier alpha value is -3.12. The van der Waals surface area contributed by atoms with Crippen molar-refractivity contribution >= 4 is 5.91 Å². The van der Waals surface area contributed by atoms with Gasteiger partial charge in [0.15, 0.2) is 0 Å². The Bertz CT molecular complexity index is 1100. The Morgan fingerprint density at radius 3 is 2.51 bits per heavy atom. The van der Waals surface area contributed by atoms with Crippen molar-refractivity contribution in [3.63, 3.8) is 0 Å². The first-order valence-corrected chi connectivity index (χ1v) is 12.9. The predicted molar refractivity (Wildman–Crippen MR) is 139 cm³/mol. The molecule has 0 spiro atoms. The molecule has 0 N–H and O–H groups in total. The van der Waals surface area contributed by atoms with Crippen molar-refractivity contribution in [2.45, 2.75) is 46.6 Å².